The molecule has 0 heterocycles. The van der Waals surface area contributed by atoms with Gasteiger partial charge in [0.1, 0.15) is 11.5 Å². The van der Waals surface area contributed by atoms with Gasteiger partial charge < -0.3 is 15.4 Å². The summed E-state index contributed by atoms with van der Waals surface area (Å²) in [5, 5.41) is 0. The van der Waals surface area contributed by atoms with Crippen LogP contribution in [0.5, 0.6) is 0 Å². The van der Waals surface area contributed by atoms with E-state index in [1.807, 2.05) is 0 Å². The first-order valence-corrected chi connectivity index (χ1v) is 6.63. The van der Waals surface area contributed by atoms with E-state index in [4.69, 9.17) is 22.7 Å². The Labute approximate surface area is 123 Å². The van der Waals surface area contributed by atoms with Gasteiger partial charge in [0.25, 0.3) is 0 Å². The minimum atomic E-state index is -0.410. The fraction of sp³-hybridized carbons (Fsp3) is 0.357. The lowest BCUT2D eigenvalue weighted by atomic mass is 10.1. The summed E-state index contributed by atoms with van der Waals surface area (Å²) < 4.78 is 4.79. The van der Waals surface area contributed by atoms with Crippen molar-refractivity contribution in [1.29, 1.82) is 0 Å². The van der Waals surface area contributed by atoms with Gasteiger partial charge in [-0.25, -0.2) is 0 Å². The molecule has 20 heavy (non-hydrogen) atoms. The molecule has 0 radical (unpaired) electrons. The maximum Gasteiger partial charge on any atom is 0.325 e. The van der Waals surface area contributed by atoms with Gasteiger partial charge in [-0.2, -0.15) is 0 Å². The summed E-state index contributed by atoms with van der Waals surface area (Å²) >= 11 is 4.86. The average molecular weight is 294 g/mol. The maximum absolute atomic E-state index is 11.9. The molecule has 0 spiro atoms. The van der Waals surface area contributed by atoms with E-state index in [-0.39, 0.29) is 18.9 Å². The molecule has 2 N–H and O–H groups in total. The van der Waals surface area contributed by atoms with Crippen molar-refractivity contribution in [2.75, 3.05) is 20.2 Å². The smallest absolute Gasteiger partial charge is 0.325 e. The largest absolute Gasteiger partial charge is 0.465 e. The number of amides is 1. The summed E-state index contributed by atoms with van der Waals surface area (Å²) in [5.74, 6) is -0.562. The molecule has 1 amide bonds. The van der Waals surface area contributed by atoms with Gasteiger partial charge in [-0.3, -0.25) is 9.59 Å². The molecule has 0 bridgehead atoms. The van der Waals surface area contributed by atoms with Crippen LogP contribution in [0.4, 0.5) is 0 Å². The van der Waals surface area contributed by atoms with Crippen molar-refractivity contribution in [2.45, 2.75) is 13.3 Å². The van der Waals surface area contributed by atoms with Crippen molar-refractivity contribution in [3.05, 3.63) is 35.4 Å². The second-order valence-corrected chi connectivity index (χ2v) is 4.73. The third-order valence-electron chi connectivity index (χ3n) is 2.69. The second kappa shape index (κ2) is 7.59. The minimum Gasteiger partial charge on any atom is -0.465 e. The number of nitrogens with zero attached hydrogens (tertiary/aromatic N) is 1. The van der Waals surface area contributed by atoms with Crippen LogP contribution >= 0.6 is 12.2 Å². The van der Waals surface area contributed by atoms with Gasteiger partial charge in [-0.1, -0.05) is 36.5 Å². The number of hydrogen-bond acceptors (Lipinski definition) is 4. The van der Waals surface area contributed by atoms with E-state index in [9.17, 15) is 9.59 Å². The molecule has 1 aromatic rings. The summed E-state index contributed by atoms with van der Waals surface area (Å²) in [4.78, 5) is 24.9. The summed E-state index contributed by atoms with van der Waals surface area (Å²) in [5.41, 5.74) is 7.10. The predicted octanol–water partition coefficient (Wildman–Crippen LogP) is 0.885. The lowest BCUT2D eigenvalue weighted by Gasteiger charge is -2.16. The Morgan fingerprint density at radius 1 is 1.30 bits per heavy atom. The number of rotatable bonds is 6. The third kappa shape index (κ3) is 4.97. The zero-order valence-corrected chi connectivity index (χ0v) is 12.4. The lowest BCUT2D eigenvalue weighted by Crippen LogP contribution is -2.34. The number of benzene rings is 1. The van der Waals surface area contributed by atoms with Gasteiger partial charge in [0.2, 0.25) is 5.91 Å². The van der Waals surface area contributed by atoms with Gasteiger partial charge >= 0.3 is 5.97 Å². The summed E-state index contributed by atoms with van der Waals surface area (Å²) in [6, 6.07) is 7.14. The molecule has 0 fully saturated rings. The SMILES string of the molecule is CCOC(=O)CN(C)C(=O)Cc1ccc(C(N)=S)cc1. The molecule has 0 aliphatic carbocycles. The highest BCUT2D eigenvalue weighted by Gasteiger charge is 2.14. The lowest BCUT2D eigenvalue weighted by molar-refractivity contribution is -0.147. The number of esters is 1. The molecule has 0 aromatic heterocycles. The number of hydrogen-bond donors (Lipinski definition) is 1. The summed E-state index contributed by atoms with van der Waals surface area (Å²) in [7, 11) is 1.57. The van der Waals surface area contributed by atoms with Crippen LogP contribution in [0, 0.1) is 0 Å². The first kappa shape index (κ1) is 16.1. The summed E-state index contributed by atoms with van der Waals surface area (Å²) in [6.45, 7) is 1.99. The average Bonchev–Trinajstić information content (AvgIpc) is 2.39. The highest BCUT2D eigenvalue weighted by atomic mass is 32.1. The van der Waals surface area contributed by atoms with Crippen molar-refractivity contribution in [2.24, 2.45) is 5.73 Å². The second-order valence-electron chi connectivity index (χ2n) is 4.29. The number of thiocarbonyl (C=S) groups is 1. The Balaban J connectivity index is 2.57. The number of nitrogens with two attached hydrogens (primary N) is 1. The molecule has 6 heteroatoms. The van der Waals surface area contributed by atoms with E-state index in [0.29, 0.717) is 11.6 Å². The molecule has 0 saturated heterocycles. The molecular weight excluding hydrogens is 276 g/mol. The van der Waals surface area contributed by atoms with Crippen molar-refractivity contribution in [1.82, 2.24) is 4.90 Å². The van der Waals surface area contributed by atoms with Crippen LogP contribution < -0.4 is 5.73 Å². The molecule has 1 aromatic carbocycles. The van der Waals surface area contributed by atoms with Crippen LogP contribution in [0.25, 0.3) is 0 Å². The van der Waals surface area contributed by atoms with Gasteiger partial charge in [-0.05, 0) is 12.5 Å². The van der Waals surface area contributed by atoms with E-state index in [1.54, 1.807) is 38.2 Å². The van der Waals surface area contributed by atoms with Gasteiger partial charge in [0.15, 0.2) is 0 Å². The van der Waals surface area contributed by atoms with E-state index >= 15 is 0 Å². The molecule has 0 atom stereocenters. The van der Waals surface area contributed by atoms with Gasteiger partial charge in [0.05, 0.1) is 13.0 Å². The molecular formula is C14H18N2O3S. The van der Waals surface area contributed by atoms with Gasteiger partial charge in [-0.15, -0.1) is 0 Å². The van der Waals surface area contributed by atoms with E-state index in [2.05, 4.69) is 0 Å². The fourth-order valence-electron chi connectivity index (χ4n) is 1.58. The third-order valence-corrected chi connectivity index (χ3v) is 2.93. The van der Waals surface area contributed by atoms with Crippen molar-refractivity contribution < 1.29 is 14.3 Å². The monoisotopic (exact) mass is 294 g/mol. The first-order valence-electron chi connectivity index (χ1n) is 6.22. The van der Waals surface area contributed by atoms with Crippen molar-refractivity contribution >= 4 is 29.1 Å². The molecule has 0 aliphatic rings. The fourth-order valence-corrected chi connectivity index (χ4v) is 1.72. The first-order chi connectivity index (χ1) is 9.43. The number of ether oxygens (including phenoxy) is 1. The molecule has 0 aliphatic heterocycles. The zero-order valence-electron chi connectivity index (χ0n) is 11.6. The van der Waals surface area contributed by atoms with Crippen molar-refractivity contribution in [3.8, 4) is 0 Å². The van der Waals surface area contributed by atoms with Crippen LogP contribution in [0.3, 0.4) is 0 Å². The molecule has 0 unspecified atom stereocenters. The zero-order chi connectivity index (χ0) is 15.1. The van der Waals surface area contributed by atoms with E-state index in [0.717, 1.165) is 11.1 Å². The Kier molecular flexibility index (Phi) is 6.11. The van der Waals surface area contributed by atoms with Crippen molar-refractivity contribution in [3.63, 3.8) is 0 Å². The van der Waals surface area contributed by atoms with Crippen LogP contribution in [-0.4, -0.2) is 42.0 Å². The number of carbonyl (C=O) groups is 2. The Hall–Kier alpha value is -1.95. The number of likely N-dealkylation sites (N-methyl/N-ethyl adjacent to an activating group) is 1. The highest BCUT2D eigenvalue weighted by Crippen LogP contribution is 2.06. The van der Waals surface area contributed by atoms with Gasteiger partial charge in [0, 0.05) is 12.6 Å². The Bertz CT molecular complexity index is 500. The highest BCUT2D eigenvalue weighted by molar-refractivity contribution is 7.80. The normalized spacial score (nSPS) is 9.90. The topological polar surface area (TPSA) is 72.6 Å². The maximum atomic E-state index is 11.9. The number of carbonyl (C=O) groups excluding carboxylic acids is 2. The predicted molar refractivity (Wildman–Crippen MR) is 80.3 cm³/mol. The van der Waals surface area contributed by atoms with E-state index in [1.165, 1.54) is 4.90 Å². The van der Waals surface area contributed by atoms with Crippen LogP contribution in [0.2, 0.25) is 0 Å². The Morgan fingerprint density at radius 2 is 1.90 bits per heavy atom. The van der Waals surface area contributed by atoms with Crippen LogP contribution in [-0.2, 0) is 20.7 Å². The molecule has 0 saturated carbocycles. The van der Waals surface area contributed by atoms with E-state index < -0.39 is 5.97 Å². The minimum absolute atomic E-state index is 0.0440. The standard InChI is InChI=1S/C14H18N2O3S/c1-3-19-13(18)9-16(2)12(17)8-10-4-6-11(7-5-10)14(15)20/h4-7H,3,8-9H2,1-2H3,(H2,15,20). The summed E-state index contributed by atoms with van der Waals surface area (Å²) in [6.07, 6.45) is 0.216. The molecule has 5 nitrogen and oxygen atoms in total. The van der Waals surface area contributed by atoms with Crippen LogP contribution in [0.15, 0.2) is 24.3 Å². The molecule has 1 rings (SSSR count). The Morgan fingerprint density at radius 3 is 2.40 bits per heavy atom. The molecule has 108 valence electrons. The quantitative estimate of drug-likeness (QED) is 0.623. The van der Waals surface area contributed by atoms with Crippen LogP contribution in [0.1, 0.15) is 18.1 Å².